The molecule has 0 atom stereocenters. The van der Waals surface area contributed by atoms with E-state index in [9.17, 15) is 14.7 Å². The molecule has 108 valence electrons. The summed E-state index contributed by atoms with van der Waals surface area (Å²) in [5.41, 5.74) is 0.713. The smallest absolute Gasteiger partial charge is 0.337 e. The zero-order chi connectivity index (χ0) is 15.6. The second-order valence-corrected chi connectivity index (χ2v) is 5.32. The summed E-state index contributed by atoms with van der Waals surface area (Å²) in [6, 6.07) is 11.0. The third-order valence-electron chi connectivity index (χ3n) is 2.99. The van der Waals surface area contributed by atoms with E-state index >= 15 is 0 Å². The van der Waals surface area contributed by atoms with Gasteiger partial charge in [-0.25, -0.2) is 9.59 Å². The molecule has 0 aromatic heterocycles. The molecular formula is C15H10Cl2O4. The van der Waals surface area contributed by atoms with E-state index in [-0.39, 0.29) is 16.7 Å². The Labute approximate surface area is 130 Å². The van der Waals surface area contributed by atoms with Crippen LogP contribution < -0.4 is 0 Å². The summed E-state index contributed by atoms with van der Waals surface area (Å²) in [7, 11) is 0. The lowest BCUT2D eigenvalue weighted by atomic mass is 9.92. The van der Waals surface area contributed by atoms with Crippen molar-refractivity contribution in [1.82, 2.24) is 0 Å². The predicted molar refractivity (Wildman–Crippen MR) is 80.2 cm³/mol. The van der Waals surface area contributed by atoms with Crippen LogP contribution in [0.3, 0.4) is 0 Å². The van der Waals surface area contributed by atoms with E-state index < -0.39 is 16.8 Å². The van der Waals surface area contributed by atoms with Crippen LogP contribution in [-0.2, 0) is 0 Å². The zero-order valence-electron chi connectivity index (χ0n) is 10.6. The Kier molecular flexibility index (Phi) is 4.50. The van der Waals surface area contributed by atoms with Crippen LogP contribution in [-0.4, -0.2) is 22.2 Å². The average Bonchev–Trinajstić information content (AvgIpc) is 2.46. The molecule has 2 aromatic rings. The highest BCUT2D eigenvalue weighted by Crippen LogP contribution is 2.36. The van der Waals surface area contributed by atoms with Gasteiger partial charge in [0.2, 0.25) is 0 Å². The van der Waals surface area contributed by atoms with Crippen molar-refractivity contribution in [2.45, 2.75) is 4.84 Å². The molecule has 6 heteroatoms. The molecule has 0 saturated carbocycles. The summed E-state index contributed by atoms with van der Waals surface area (Å²) < 4.78 is 0. The molecule has 4 nitrogen and oxygen atoms in total. The number of hydrogen-bond donors (Lipinski definition) is 2. The summed E-state index contributed by atoms with van der Waals surface area (Å²) in [5, 5.41) is 18.5. The number of carbonyl (C=O) groups is 2. The maximum atomic E-state index is 11.5. The number of carboxylic acids is 2. The van der Waals surface area contributed by atoms with Gasteiger partial charge < -0.3 is 10.2 Å². The van der Waals surface area contributed by atoms with E-state index in [1.807, 2.05) is 0 Å². The third kappa shape index (κ3) is 3.01. The molecule has 0 heterocycles. The van der Waals surface area contributed by atoms with Gasteiger partial charge in [0.1, 0.15) is 4.84 Å². The van der Waals surface area contributed by atoms with Crippen molar-refractivity contribution in [2.75, 3.05) is 0 Å². The van der Waals surface area contributed by atoms with Crippen LogP contribution in [0.15, 0.2) is 42.5 Å². The van der Waals surface area contributed by atoms with Crippen molar-refractivity contribution < 1.29 is 19.8 Å². The minimum absolute atomic E-state index is 0.268. The predicted octanol–water partition coefficient (Wildman–Crippen LogP) is 4.23. The Morgan fingerprint density at radius 2 is 1.48 bits per heavy atom. The molecule has 0 radical (unpaired) electrons. The summed E-state index contributed by atoms with van der Waals surface area (Å²) in [4.78, 5) is 21.8. The van der Waals surface area contributed by atoms with Crippen molar-refractivity contribution in [2.24, 2.45) is 0 Å². The second-order valence-electron chi connectivity index (χ2n) is 4.23. The van der Waals surface area contributed by atoms with E-state index in [0.717, 1.165) is 0 Å². The molecule has 0 saturated heterocycles. The summed E-state index contributed by atoms with van der Waals surface area (Å²) in [5.74, 6) is -2.63. The van der Waals surface area contributed by atoms with E-state index in [0.29, 0.717) is 11.1 Å². The first-order valence-electron chi connectivity index (χ1n) is 5.90. The lowest BCUT2D eigenvalue weighted by Crippen LogP contribution is -2.10. The Bertz CT molecular complexity index is 711. The highest BCUT2D eigenvalue weighted by Gasteiger charge is 2.22. The zero-order valence-corrected chi connectivity index (χ0v) is 12.1. The van der Waals surface area contributed by atoms with Crippen LogP contribution in [0.25, 0.3) is 11.1 Å². The molecule has 0 fully saturated rings. The first-order valence-corrected chi connectivity index (χ1v) is 6.77. The molecule has 2 rings (SSSR count). The van der Waals surface area contributed by atoms with E-state index in [2.05, 4.69) is 0 Å². The number of carboxylic acid groups (broad SMARTS) is 2. The van der Waals surface area contributed by atoms with E-state index in [1.165, 1.54) is 18.2 Å². The highest BCUT2D eigenvalue weighted by molar-refractivity contribution is 6.44. The number of hydrogen-bond acceptors (Lipinski definition) is 2. The molecule has 0 amide bonds. The van der Waals surface area contributed by atoms with Gasteiger partial charge in [0.25, 0.3) is 0 Å². The van der Waals surface area contributed by atoms with Gasteiger partial charge >= 0.3 is 11.9 Å². The molecule has 0 aliphatic rings. The molecule has 21 heavy (non-hydrogen) atoms. The van der Waals surface area contributed by atoms with Crippen LogP contribution in [0.1, 0.15) is 31.1 Å². The van der Waals surface area contributed by atoms with Crippen molar-refractivity contribution in [3.63, 3.8) is 0 Å². The van der Waals surface area contributed by atoms with Crippen LogP contribution in [0.5, 0.6) is 0 Å². The standard InChI is InChI=1S/C15H10Cl2O4/c16-13(17)10-5-2-1-4-8(10)9-6-3-7-11(14(18)19)12(9)15(20)21/h1-7,13H,(H,18,19)(H,20,21). The maximum absolute atomic E-state index is 11.5. The lowest BCUT2D eigenvalue weighted by molar-refractivity contribution is 0.0652. The Hall–Kier alpha value is -2.04. The van der Waals surface area contributed by atoms with Crippen LogP contribution >= 0.6 is 23.2 Å². The van der Waals surface area contributed by atoms with Gasteiger partial charge in [-0.1, -0.05) is 36.4 Å². The van der Waals surface area contributed by atoms with Crippen LogP contribution in [0.2, 0.25) is 0 Å². The number of alkyl halides is 2. The third-order valence-corrected chi connectivity index (χ3v) is 3.46. The fourth-order valence-corrected chi connectivity index (χ4v) is 2.50. The topological polar surface area (TPSA) is 74.6 Å². The summed E-state index contributed by atoms with van der Waals surface area (Å²) in [6.45, 7) is 0. The van der Waals surface area contributed by atoms with Crippen molar-refractivity contribution in [3.05, 3.63) is 59.2 Å². The average molecular weight is 325 g/mol. The molecule has 0 aliphatic carbocycles. The van der Waals surface area contributed by atoms with Crippen molar-refractivity contribution in [3.8, 4) is 11.1 Å². The fraction of sp³-hybridized carbons (Fsp3) is 0.0667. The van der Waals surface area contributed by atoms with E-state index in [4.69, 9.17) is 28.3 Å². The van der Waals surface area contributed by atoms with Gasteiger partial charge in [0, 0.05) is 0 Å². The summed E-state index contributed by atoms with van der Waals surface area (Å²) >= 11 is 11.8. The fourth-order valence-electron chi connectivity index (χ4n) is 2.12. The first kappa shape index (κ1) is 15.4. The minimum atomic E-state index is -1.32. The van der Waals surface area contributed by atoms with Gasteiger partial charge in [-0.15, -0.1) is 23.2 Å². The first-order chi connectivity index (χ1) is 9.93. The maximum Gasteiger partial charge on any atom is 0.337 e. The monoisotopic (exact) mass is 324 g/mol. The largest absolute Gasteiger partial charge is 0.478 e. The van der Waals surface area contributed by atoms with Gasteiger partial charge in [0.05, 0.1) is 11.1 Å². The van der Waals surface area contributed by atoms with Crippen LogP contribution in [0, 0.1) is 0 Å². The number of rotatable bonds is 4. The Morgan fingerprint density at radius 1 is 0.857 bits per heavy atom. The van der Waals surface area contributed by atoms with Crippen LogP contribution in [0.4, 0.5) is 0 Å². The lowest BCUT2D eigenvalue weighted by Gasteiger charge is -2.14. The molecule has 0 bridgehead atoms. The second kappa shape index (κ2) is 6.16. The van der Waals surface area contributed by atoms with Crippen molar-refractivity contribution >= 4 is 35.1 Å². The number of benzene rings is 2. The normalized spacial score (nSPS) is 10.6. The summed E-state index contributed by atoms with van der Waals surface area (Å²) in [6.07, 6.45) is 0. The molecule has 2 N–H and O–H groups in total. The van der Waals surface area contributed by atoms with Crippen molar-refractivity contribution in [1.29, 1.82) is 0 Å². The SMILES string of the molecule is O=C(O)c1cccc(-c2ccccc2C(Cl)Cl)c1C(=O)O. The van der Waals surface area contributed by atoms with Gasteiger partial charge in [-0.05, 0) is 22.8 Å². The minimum Gasteiger partial charge on any atom is -0.478 e. The molecule has 0 unspecified atom stereocenters. The quantitative estimate of drug-likeness (QED) is 0.825. The van der Waals surface area contributed by atoms with Gasteiger partial charge in [0.15, 0.2) is 0 Å². The molecule has 2 aromatic carbocycles. The Balaban J connectivity index is 2.79. The van der Waals surface area contributed by atoms with E-state index in [1.54, 1.807) is 24.3 Å². The molecule has 0 spiro atoms. The number of aromatic carboxylic acids is 2. The highest BCUT2D eigenvalue weighted by atomic mass is 35.5. The van der Waals surface area contributed by atoms with Gasteiger partial charge in [-0.2, -0.15) is 0 Å². The Morgan fingerprint density at radius 3 is 2.05 bits per heavy atom. The van der Waals surface area contributed by atoms with Gasteiger partial charge in [-0.3, -0.25) is 0 Å². The molecule has 0 aliphatic heterocycles. The molecular weight excluding hydrogens is 315 g/mol. The number of halogens is 2.